The van der Waals surface area contributed by atoms with Gasteiger partial charge in [-0.25, -0.2) is 4.57 Å². The lowest BCUT2D eigenvalue weighted by atomic mass is 10.3. The van der Waals surface area contributed by atoms with Crippen LogP contribution in [0.4, 0.5) is 0 Å². The monoisotopic (exact) mass is 220 g/mol. The van der Waals surface area contributed by atoms with Crippen LogP contribution in [0.2, 0.25) is 0 Å². The van der Waals surface area contributed by atoms with Crippen molar-refractivity contribution >= 4 is 19.4 Å². The second kappa shape index (κ2) is 4.67. The Labute approximate surface area is 79.7 Å². The molecule has 0 heterocycles. The van der Waals surface area contributed by atoms with Crippen molar-refractivity contribution in [3.63, 3.8) is 0 Å². The Morgan fingerprint density at radius 3 is 2.38 bits per heavy atom. The summed E-state index contributed by atoms with van der Waals surface area (Å²) in [6, 6.07) is 6.21. The molecule has 0 fully saturated rings. The molecule has 2 unspecified atom stereocenters. The first-order valence-corrected chi connectivity index (χ1v) is 6.26. The van der Waals surface area contributed by atoms with Crippen molar-refractivity contribution in [2.75, 3.05) is 6.26 Å². The third-order valence-electron chi connectivity index (χ3n) is 1.36. The Morgan fingerprint density at radius 2 is 2.00 bits per heavy atom. The van der Waals surface area contributed by atoms with Crippen molar-refractivity contribution in [3.05, 3.63) is 24.3 Å². The lowest BCUT2D eigenvalue weighted by Gasteiger charge is -2.04. The molecule has 4 nitrogen and oxygen atoms in total. The molecule has 0 aliphatic carbocycles. The van der Waals surface area contributed by atoms with Crippen LogP contribution in [0.15, 0.2) is 29.2 Å². The second-order valence-electron chi connectivity index (χ2n) is 2.29. The molecule has 0 saturated heterocycles. The van der Waals surface area contributed by atoms with Crippen LogP contribution < -0.4 is 4.52 Å². The lowest BCUT2D eigenvalue weighted by Crippen LogP contribution is -1.96. The second-order valence-corrected chi connectivity index (χ2v) is 4.41. The molecule has 1 aromatic rings. The Balaban J connectivity index is 2.75. The van der Waals surface area contributed by atoms with Gasteiger partial charge in [0.15, 0.2) is 4.90 Å². The highest BCUT2D eigenvalue weighted by atomic mass is 32.2. The summed E-state index contributed by atoms with van der Waals surface area (Å²) in [6.45, 7) is 0. The molecule has 1 aromatic carbocycles. The molecule has 0 spiro atoms. The van der Waals surface area contributed by atoms with Crippen molar-refractivity contribution in [1.82, 2.24) is 0 Å². The van der Waals surface area contributed by atoms with Gasteiger partial charge in [-0.2, -0.15) is 0 Å². The van der Waals surface area contributed by atoms with Gasteiger partial charge in [-0.3, -0.25) is 0 Å². The van der Waals surface area contributed by atoms with Gasteiger partial charge in [-0.1, -0.05) is 0 Å². The quantitative estimate of drug-likeness (QED) is 0.613. The van der Waals surface area contributed by atoms with E-state index in [0.717, 1.165) is 0 Å². The van der Waals surface area contributed by atoms with Crippen LogP contribution in [0.25, 0.3) is 0 Å². The average Bonchev–Trinajstić information content (AvgIpc) is 2.04. The van der Waals surface area contributed by atoms with Gasteiger partial charge in [0.25, 0.3) is 0 Å². The molecule has 0 amide bonds. The van der Waals surface area contributed by atoms with Crippen LogP contribution in [-0.2, 0) is 15.7 Å². The molecule has 0 aliphatic rings. The molecular formula is C7H9O4PS. The first-order chi connectivity index (χ1) is 6.09. The normalized spacial score (nSPS) is 15.0. The Hall–Kier alpha value is -0.480. The Bertz CT molecular complexity index is 298. The van der Waals surface area contributed by atoms with Gasteiger partial charge in [-0.15, -0.1) is 0 Å². The van der Waals surface area contributed by atoms with Crippen molar-refractivity contribution in [3.8, 4) is 5.75 Å². The lowest BCUT2D eigenvalue weighted by molar-refractivity contribution is 0.410. The first kappa shape index (κ1) is 10.6. The zero-order chi connectivity index (χ0) is 9.84. The fraction of sp³-hybridized carbons (Fsp3) is 0.143. The van der Waals surface area contributed by atoms with Gasteiger partial charge >= 0.3 is 8.25 Å². The molecule has 2 atom stereocenters. The molecule has 0 saturated carbocycles. The number of hydrogen-bond acceptors (Lipinski definition) is 3. The van der Waals surface area contributed by atoms with Crippen molar-refractivity contribution in [2.24, 2.45) is 0 Å². The highest BCUT2D eigenvalue weighted by Crippen LogP contribution is 2.23. The molecule has 0 radical (unpaired) electrons. The average molecular weight is 220 g/mol. The van der Waals surface area contributed by atoms with E-state index in [4.69, 9.17) is 4.89 Å². The van der Waals surface area contributed by atoms with Crippen molar-refractivity contribution in [2.45, 2.75) is 4.90 Å². The van der Waals surface area contributed by atoms with Gasteiger partial charge in [0.05, 0.1) is 0 Å². The minimum absolute atomic E-state index is 0.306. The van der Waals surface area contributed by atoms with E-state index >= 15 is 0 Å². The highest BCUT2D eigenvalue weighted by Gasteiger charge is 2.04. The number of hydrogen-bond donors (Lipinski definition) is 1. The van der Waals surface area contributed by atoms with E-state index in [2.05, 4.69) is 4.52 Å². The molecule has 0 aliphatic heterocycles. The van der Waals surface area contributed by atoms with Crippen LogP contribution in [0.1, 0.15) is 0 Å². The molecule has 1 rings (SSSR count). The minimum atomic E-state index is -2.95. The predicted molar refractivity (Wildman–Crippen MR) is 50.6 cm³/mol. The standard InChI is InChI=1S/C7H9O4PS/c1-13(10)7-4-2-6(3-5-7)11-12(8)9/h2-5,12H,1H3,(H,8,9). The van der Waals surface area contributed by atoms with E-state index in [0.29, 0.717) is 10.6 Å². The maximum Gasteiger partial charge on any atom is 0.365 e. The smallest absolute Gasteiger partial charge is 0.365 e. The molecule has 0 aromatic heterocycles. The minimum Gasteiger partial charge on any atom is -0.612 e. The van der Waals surface area contributed by atoms with Crippen LogP contribution in [0.3, 0.4) is 0 Å². The van der Waals surface area contributed by atoms with E-state index in [1.807, 2.05) is 0 Å². The predicted octanol–water partition coefficient (Wildman–Crippen LogP) is 1.18. The molecule has 0 bridgehead atoms. The third-order valence-corrected chi connectivity index (χ3v) is 2.71. The summed E-state index contributed by atoms with van der Waals surface area (Å²) in [5, 5.41) is 0. The zero-order valence-electron chi connectivity index (χ0n) is 6.89. The molecule has 13 heavy (non-hydrogen) atoms. The summed E-state index contributed by atoms with van der Waals surface area (Å²) < 4.78 is 25.8. The van der Waals surface area contributed by atoms with Crippen molar-refractivity contribution in [1.29, 1.82) is 0 Å². The fourth-order valence-corrected chi connectivity index (χ4v) is 1.66. The largest absolute Gasteiger partial charge is 0.612 e. The summed E-state index contributed by atoms with van der Waals surface area (Å²) in [4.78, 5) is 9.11. The van der Waals surface area contributed by atoms with Gasteiger partial charge in [0.1, 0.15) is 12.0 Å². The Morgan fingerprint density at radius 1 is 1.46 bits per heavy atom. The molecule has 1 N–H and O–H groups in total. The van der Waals surface area contributed by atoms with Gasteiger partial charge in [0.2, 0.25) is 0 Å². The first-order valence-electron chi connectivity index (χ1n) is 3.44. The zero-order valence-corrected chi connectivity index (χ0v) is 8.71. The van der Waals surface area contributed by atoms with E-state index < -0.39 is 19.4 Å². The third kappa shape index (κ3) is 3.40. The van der Waals surface area contributed by atoms with Crippen molar-refractivity contribution < 1.29 is 18.5 Å². The van der Waals surface area contributed by atoms with Crippen LogP contribution >= 0.6 is 8.25 Å². The van der Waals surface area contributed by atoms with E-state index in [1.54, 1.807) is 18.4 Å². The van der Waals surface area contributed by atoms with Crippen LogP contribution in [0.5, 0.6) is 5.75 Å². The van der Waals surface area contributed by atoms with Crippen LogP contribution in [0, 0.1) is 0 Å². The van der Waals surface area contributed by atoms with Gasteiger partial charge < -0.3 is 14.0 Å². The van der Waals surface area contributed by atoms with E-state index in [-0.39, 0.29) is 0 Å². The molecule has 6 heteroatoms. The fourth-order valence-electron chi connectivity index (χ4n) is 0.800. The molecule has 72 valence electrons. The summed E-state index contributed by atoms with van der Waals surface area (Å²) in [5.41, 5.74) is 0. The highest BCUT2D eigenvalue weighted by molar-refractivity contribution is 7.90. The number of benzene rings is 1. The summed E-state index contributed by atoms with van der Waals surface area (Å²) in [6.07, 6.45) is 1.56. The summed E-state index contributed by atoms with van der Waals surface area (Å²) >= 11 is -1.04. The van der Waals surface area contributed by atoms with Crippen LogP contribution in [-0.4, -0.2) is 15.7 Å². The maximum atomic E-state index is 10.9. The number of rotatable bonds is 3. The summed E-state index contributed by atoms with van der Waals surface area (Å²) in [7, 11) is -2.95. The topological polar surface area (TPSA) is 69.6 Å². The van der Waals surface area contributed by atoms with E-state index in [1.165, 1.54) is 12.1 Å². The Kier molecular flexibility index (Phi) is 3.81. The van der Waals surface area contributed by atoms with Gasteiger partial charge in [0, 0.05) is 0 Å². The van der Waals surface area contributed by atoms with E-state index in [9.17, 15) is 9.12 Å². The maximum absolute atomic E-state index is 10.9. The summed E-state index contributed by atoms with van der Waals surface area (Å²) in [5.74, 6) is 0.306. The molecular weight excluding hydrogens is 211 g/mol. The van der Waals surface area contributed by atoms with Gasteiger partial charge in [-0.05, 0) is 35.4 Å². The SMILES string of the molecule is C[S+]([O-])c1ccc(O[PH](=O)O)cc1.